The quantitative estimate of drug-likeness (QED) is 0.200. The molecule has 0 amide bonds. The molecule has 0 spiro atoms. The van der Waals surface area contributed by atoms with Crippen LogP contribution < -0.4 is 9.66 Å². The Kier molecular flexibility index (Phi) is 6.12. The molecule has 4 aromatic carbocycles. The van der Waals surface area contributed by atoms with Gasteiger partial charge in [-0.3, -0.25) is 3.93 Å². The number of nitrogens with zero attached hydrogens (tertiary/aromatic N) is 3. The Bertz CT molecular complexity index is 1820. The van der Waals surface area contributed by atoms with Crippen LogP contribution in [-0.4, -0.2) is 9.97 Å². The third kappa shape index (κ3) is 4.18. The maximum absolute atomic E-state index is 6.10. The van der Waals surface area contributed by atoms with Crippen LogP contribution in [0.2, 0.25) is 0 Å². The molecule has 38 heavy (non-hydrogen) atoms. The molecule has 0 unspecified atom stereocenters. The van der Waals surface area contributed by atoms with Crippen LogP contribution >= 0.6 is 51.0 Å². The molecule has 7 rings (SSSR count). The summed E-state index contributed by atoms with van der Waals surface area (Å²) in [7, 11) is 0. The van der Waals surface area contributed by atoms with Crippen molar-refractivity contribution in [2.45, 2.75) is 19.6 Å². The molecule has 4 nitrogen and oxygen atoms in total. The molecule has 0 aliphatic carbocycles. The smallest absolute Gasteiger partial charge is 0.222 e. The number of benzene rings is 4. The maximum Gasteiger partial charge on any atom is 0.222 e. The Morgan fingerprint density at radius 1 is 0.711 bits per heavy atom. The van der Waals surface area contributed by atoms with Gasteiger partial charge in [-0.15, -0.1) is 11.3 Å². The lowest BCUT2D eigenvalue weighted by molar-refractivity contribution is 1.16. The number of nitrogen functional groups attached to an aromatic ring is 1. The van der Waals surface area contributed by atoms with Crippen LogP contribution in [0.1, 0.15) is 0 Å². The lowest BCUT2D eigenvalue weighted by Gasteiger charge is -2.21. The van der Waals surface area contributed by atoms with Crippen molar-refractivity contribution in [1.29, 1.82) is 0 Å². The summed E-state index contributed by atoms with van der Waals surface area (Å²) < 4.78 is 1.88. The summed E-state index contributed by atoms with van der Waals surface area (Å²) in [6.45, 7) is 0. The number of halogens is 1. The van der Waals surface area contributed by atoms with Gasteiger partial charge in [0.1, 0.15) is 0 Å². The van der Waals surface area contributed by atoms with E-state index >= 15 is 0 Å². The van der Waals surface area contributed by atoms with Crippen molar-refractivity contribution in [3.8, 4) is 21.6 Å². The summed E-state index contributed by atoms with van der Waals surface area (Å²) in [5, 5.41) is 3.09. The standard InChI is InChI=1S/C30H19BrN4S3/c31-35(19-7-2-1-3-8-19)29-22-17-18(13-14-23(22)33-30(32)34-29)20-15-16-36-27(20)21-9-6-12-26-28(21)38-25-11-5-4-10-24(25)37-26/h1-17H,(H2,32,33,34). The van der Waals surface area contributed by atoms with E-state index in [1.807, 2.05) is 63.8 Å². The Balaban J connectivity index is 1.35. The van der Waals surface area contributed by atoms with Gasteiger partial charge in [0.15, 0.2) is 5.82 Å². The highest BCUT2D eigenvalue weighted by atomic mass is 79.9. The molecule has 184 valence electrons. The first kappa shape index (κ1) is 23.8. The Labute approximate surface area is 241 Å². The Morgan fingerprint density at radius 3 is 2.32 bits per heavy atom. The van der Waals surface area contributed by atoms with E-state index in [9.17, 15) is 0 Å². The van der Waals surface area contributed by atoms with Crippen molar-refractivity contribution in [2.24, 2.45) is 0 Å². The minimum atomic E-state index is 0.238. The lowest BCUT2D eigenvalue weighted by Crippen LogP contribution is -2.07. The number of aromatic nitrogens is 2. The highest BCUT2D eigenvalue weighted by Crippen LogP contribution is 2.53. The predicted molar refractivity (Wildman–Crippen MR) is 165 cm³/mol. The van der Waals surface area contributed by atoms with E-state index < -0.39 is 0 Å². The van der Waals surface area contributed by atoms with Gasteiger partial charge in [0, 0.05) is 41.0 Å². The van der Waals surface area contributed by atoms with Gasteiger partial charge in [0.05, 0.1) is 27.4 Å². The summed E-state index contributed by atoms with van der Waals surface area (Å²) in [6.07, 6.45) is 0. The topological polar surface area (TPSA) is 55.0 Å². The molecule has 8 heteroatoms. The summed E-state index contributed by atoms with van der Waals surface area (Å²) >= 11 is 9.19. The molecule has 2 aromatic heterocycles. The van der Waals surface area contributed by atoms with Crippen molar-refractivity contribution in [1.82, 2.24) is 9.97 Å². The number of para-hydroxylation sites is 1. The number of hydrogen-bond acceptors (Lipinski definition) is 7. The zero-order valence-electron chi connectivity index (χ0n) is 19.8. The predicted octanol–water partition coefficient (Wildman–Crippen LogP) is 9.67. The zero-order chi connectivity index (χ0) is 25.6. The van der Waals surface area contributed by atoms with Crippen LogP contribution in [0.4, 0.5) is 17.5 Å². The molecule has 0 atom stereocenters. The summed E-state index contributed by atoms with van der Waals surface area (Å²) in [6, 6.07) is 33.8. The first-order valence-electron chi connectivity index (χ1n) is 11.9. The average Bonchev–Trinajstić information content (AvgIpc) is 3.45. The molecule has 0 saturated carbocycles. The van der Waals surface area contributed by atoms with Gasteiger partial charge in [-0.05, 0) is 59.5 Å². The number of rotatable bonds is 4. The Hall–Kier alpha value is -3.30. The second-order valence-corrected chi connectivity index (χ2v) is 12.5. The number of thiophene rings is 1. The van der Waals surface area contributed by atoms with Gasteiger partial charge < -0.3 is 5.73 Å². The average molecular weight is 612 g/mol. The van der Waals surface area contributed by atoms with Gasteiger partial charge in [0.2, 0.25) is 5.95 Å². The number of anilines is 3. The third-order valence-electron chi connectivity index (χ3n) is 6.34. The molecule has 3 heterocycles. The molecular formula is C30H19BrN4S3. The fourth-order valence-electron chi connectivity index (χ4n) is 4.60. The van der Waals surface area contributed by atoms with Crippen LogP contribution in [0.15, 0.2) is 122 Å². The van der Waals surface area contributed by atoms with Gasteiger partial charge in [-0.1, -0.05) is 72.1 Å². The monoisotopic (exact) mass is 610 g/mol. The second-order valence-electron chi connectivity index (χ2n) is 8.70. The second kappa shape index (κ2) is 9.78. The van der Waals surface area contributed by atoms with Gasteiger partial charge in [0.25, 0.3) is 0 Å². The number of nitrogens with two attached hydrogens (primary N) is 1. The summed E-state index contributed by atoms with van der Waals surface area (Å²) in [5.74, 6) is 0.945. The summed E-state index contributed by atoms with van der Waals surface area (Å²) in [4.78, 5) is 15.6. The fraction of sp³-hybridized carbons (Fsp3) is 0. The van der Waals surface area contributed by atoms with E-state index in [-0.39, 0.29) is 5.95 Å². The minimum absolute atomic E-state index is 0.238. The Morgan fingerprint density at radius 2 is 1.47 bits per heavy atom. The molecule has 6 aromatic rings. The molecular weight excluding hydrogens is 592 g/mol. The SMILES string of the molecule is Nc1nc(N(Br)c2ccccc2)c2cc(-c3ccsc3-c3cccc4c3Sc3ccccc3S4)ccc2n1. The van der Waals surface area contributed by atoms with E-state index in [1.165, 1.54) is 35.6 Å². The van der Waals surface area contributed by atoms with Gasteiger partial charge in [-0.2, -0.15) is 4.98 Å². The maximum atomic E-state index is 6.10. The van der Waals surface area contributed by atoms with Crippen molar-refractivity contribution in [2.75, 3.05) is 9.66 Å². The largest absolute Gasteiger partial charge is 0.368 e. The molecule has 2 N–H and O–H groups in total. The minimum Gasteiger partial charge on any atom is -0.368 e. The molecule has 1 aliphatic rings. The molecule has 0 radical (unpaired) electrons. The van der Waals surface area contributed by atoms with E-state index in [2.05, 4.69) is 92.2 Å². The van der Waals surface area contributed by atoms with E-state index in [0.717, 1.165) is 22.2 Å². The van der Waals surface area contributed by atoms with Gasteiger partial charge in [-0.25, -0.2) is 4.98 Å². The lowest BCUT2D eigenvalue weighted by atomic mass is 10.0. The molecule has 0 fully saturated rings. The molecule has 0 saturated heterocycles. The van der Waals surface area contributed by atoms with E-state index in [1.54, 1.807) is 11.3 Å². The van der Waals surface area contributed by atoms with Crippen LogP contribution in [0.3, 0.4) is 0 Å². The van der Waals surface area contributed by atoms with Gasteiger partial charge >= 0.3 is 0 Å². The fourth-order valence-corrected chi connectivity index (χ4v) is 8.51. The van der Waals surface area contributed by atoms with Crippen molar-refractivity contribution < 1.29 is 0 Å². The normalized spacial score (nSPS) is 12.2. The number of hydrogen-bond donors (Lipinski definition) is 1. The van der Waals surface area contributed by atoms with Crippen molar-refractivity contribution in [3.63, 3.8) is 0 Å². The first-order chi connectivity index (χ1) is 18.7. The first-order valence-corrected chi connectivity index (χ1v) is 15.1. The van der Waals surface area contributed by atoms with Crippen LogP contribution in [0.25, 0.3) is 32.5 Å². The van der Waals surface area contributed by atoms with Crippen molar-refractivity contribution in [3.05, 3.63) is 102 Å². The van der Waals surface area contributed by atoms with Crippen molar-refractivity contribution >= 4 is 79.4 Å². The third-order valence-corrected chi connectivity index (χ3v) is 10.7. The molecule has 0 bridgehead atoms. The van der Waals surface area contributed by atoms with Crippen LogP contribution in [0, 0.1) is 0 Å². The highest BCUT2D eigenvalue weighted by molar-refractivity contribution is 9.10. The van der Waals surface area contributed by atoms with Crippen LogP contribution in [0.5, 0.6) is 0 Å². The molecule has 1 aliphatic heterocycles. The summed E-state index contributed by atoms with van der Waals surface area (Å²) in [5.41, 5.74) is 11.4. The van der Waals surface area contributed by atoms with E-state index in [4.69, 9.17) is 5.73 Å². The van der Waals surface area contributed by atoms with Crippen LogP contribution in [-0.2, 0) is 0 Å². The highest BCUT2D eigenvalue weighted by Gasteiger charge is 2.23. The number of fused-ring (bicyclic) bond motifs is 3. The van der Waals surface area contributed by atoms with E-state index in [0.29, 0.717) is 5.82 Å². The zero-order valence-corrected chi connectivity index (χ0v) is 23.9.